The van der Waals surface area contributed by atoms with Gasteiger partial charge in [-0.2, -0.15) is 4.31 Å². The molecule has 1 amide bonds. The molecular weight excluding hydrogens is 300 g/mol. The number of rotatable bonds is 5. The quantitative estimate of drug-likeness (QED) is 0.839. The third kappa shape index (κ3) is 3.56. The molecule has 120 valence electrons. The molecule has 1 aliphatic rings. The van der Waals surface area contributed by atoms with E-state index < -0.39 is 10.0 Å². The Morgan fingerprint density at radius 1 is 1.36 bits per heavy atom. The standard InChI is InChI=1S/C16H22N2O3S/c1-3-10-17-16(19)14-8-11-18(12-9-14)22(20,21)15-7-5-4-6-13(15)2/h3-7,14H,1,8-12H2,2H3,(H,17,19). The Bertz CT molecular complexity index is 647. The zero-order valence-electron chi connectivity index (χ0n) is 12.8. The van der Waals surface area contributed by atoms with Crippen molar-refractivity contribution in [2.75, 3.05) is 19.6 Å². The van der Waals surface area contributed by atoms with Crippen molar-refractivity contribution in [1.82, 2.24) is 9.62 Å². The molecule has 0 spiro atoms. The summed E-state index contributed by atoms with van der Waals surface area (Å²) in [5.74, 6) is -0.142. The minimum absolute atomic E-state index is 0.0205. The Hall–Kier alpha value is -1.66. The number of piperidine rings is 1. The molecule has 5 nitrogen and oxygen atoms in total. The molecule has 1 fully saturated rings. The van der Waals surface area contributed by atoms with Crippen LogP contribution in [0.15, 0.2) is 41.8 Å². The van der Waals surface area contributed by atoms with Crippen LogP contribution in [0.1, 0.15) is 18.4 Å². The molecule has 0 aliphatic carbocycles. The summed E-state index contributed by atoms with van der Waals surface area (Å²) < 4.78 is 26.8. The number of carbonyl (C=O) groups excluding carboxylic acids is 1. The summed E-state index contributed by atoms with van der Waals surface area (Å²) >= 11 is 0. The average Bonchev–Trinajstić information content (AvgIpc) is 2.53. The van der Waals surface area contributed by atoms with Crippen LogP contribution in [-0.4, -0.2) is 38.3 Å². The highest BCUT2D eigenvalue weighted by Crippen LogP contribution is 2.25. The number of amides is 1. The topological polar surface area (TPSA) is 66.5 Å². The first kappa shape index (κ1) is 16.7. The van der Waals surface area contributed by atoms with E-state index in [0.717, 1.165) is 5.56 Å². The fourth-order valence-electron chi connectivity index (χ4n) is 2.66. The second-order valence-corrected chi connectivity index (χ2v) is 7.38. The van der Waals surface area contributed by atoms with Gasteiger partial charge in [-0.25, -0.2) is 8.42 Å². The first-order valence-electron chi connectivity index (χ1n) is 7.41. The molecular formula is C16H22N2O3S. The van der Waals surface area contributed by atoms with Gasteiger partial charge in [-0.05, 0) is 31.4 Å². The molecule has 1 N–H and O–H groups in total. The van der Waals surface area contributed by atoms with Crippen molar-refractivity contribution in [1.29, 1.82) is 0 Å². The van der Waals surface area contributed by atoms with E-state index in [9.17, 15) is 13.2 Å². The Balaban J connectivity index is 2.04. The Morgan fingerprint density at radius 3 is 2.59 bits per heavy atom. The van der Waals surface area contributed by atoms with Crippen molar-refractivity contribution in [3.8, 4) is 0 Å². The summed E-state index contributed by atoms with van der Waals surface area (Å²) in [6.07, 6.45) is 2.73. The lowest BCUT2D eigenvalue weighted by Crippen LogP contribution is -2.43. The van der Waals surface area contributed by atoms with E-state index >= 15 is 0 Å². The average molecular weight is 322 g/mol. The largest absolute Gasteiger partial charge is 0.352 e. The SMILES string of the molecule is C=CCNC(=O)C1CCN(S(=O)(=O)c2ccccc2C)CC1. The van der Waals surface area contributed by atoms with Crippen molar-refractivity contribution < 1.29 is 13.2 Å². The molecule has 0 bridgehead atoms. The first-order chi connectivity index (χ1) is 10.5. The molecule has 22 heavy (non-hydrogen) atoms. The summed E-state index contributed by atoms with van der Waals surface area (Å²) in [5, 5.41) is 2.77. The smallest absolute Gasteiger partial charge is 0.243 e. The number of aryl methyl sites for hydroxylation is 1. The zero-order chi connectivity index (χ0) is 16.2. The van der Waals surface area contributed by atoms with Crippen LogP contribution in [0.5, 0.6) is 0 Å². The highest BCUT2D eigenvalue weighted by atomic mass is 32.2. The van der Waals surface area contributed by atoms with Crippen LogP contribution in [0.3, 0.4) is 0 Å². The van der Waals surface area contributed by atoms with Gasteiger partial charge in [0.15, 0.2) is 0 Å². The van der Waals surface area contributed by atoms with Gasteiger partial charge in [-0.3, -0.25) is 4.79 Å². The normalized spacial score (nSPS) is 17.1. The van der Waals surface area contributed by atoms with Gasteiger partial charge in [0.1, 0.15) is 0 Å². The van der Waals surface area contributed by atoms with Gasteiger partial charge in [0.2, 0.25) is 15.9 Å². The van der Waals surface area contributed by atoms with Gasteiger partial charge in [0.05, 0.1) is 4.90 Å². The molecule has 1 aromatic rings. The van der Waals surface area contributed by atoms with E-state index in [1.807, 2.05) is 6.07 Å². The second-order valence-electron chi connectivity index (χ2n) is 5.48. The zero-order valence-corrected chi connectivity index (χ0v) is 13.6. The molecule has 0 atom stereocenters. The van der Waals surface area contributed by atoms with E-state index in [1.54, 1.807) is 31.2 Å². The Morgan fingerprint density at radius 2 is 2.00 bits per heavy atom. The van der Waals surface area contributed by atoms with Gasteiger partial charge in [0, 0.05) is 25.6 Å². The summed E-state index contributed by atoms with van der Waals surface area (Å²) in [7, 11) is -3.47. The van der Waals surface area contributed by atoms with Gasteiger partial charge in [-0.15, -0.1) is 6.58 Å². The van der Waals surface area contributed by atoms with E-state index in [1.165, 1.54) is 4.31 Å². The molecule has 1 aromatic carbocycles. The van der Waals surface area contributed by atoms with Gasteiger partial charge < -0.3 is 5.32 Å². The molecule has 1 aliphatic heterocycles. The van der Waals surface area contributed by atoms with Crippen LogP contribution in [-0.2, 0) is 14.8 Å². The van der Waals surface area contributed by atoms with Crippen molar-refractivity contribution in [2.45, 2.75) is 24.7 Å². The molecule has 0 radical (unpaired) electrons. The molecule has 0 saturated carbocycles. The van der Waals surface area contributed by atoms with Crippen LogP contribution >= 0.6 is 0 Å². The maximum Gasteiger partial charge on any atom is 0.243 e. The number of benzene rings is 1. The Kier molecular flexibility index (Phi) is 5.37. The summed E-state index contributed by atoms with van der Waals surface area (Å²) in [4.78, 5) is 12.3. The predicted octanol–water partition coefficient (Wildman–Crippen LogP) is 1.70. The molecule has 0 unspecified atom stereocenters. The third-order valence-electron chi connectivity index (χ3n) is 3.96. The highest BCUT2D eigenvalue weighted by molar-refractivity contribution is 7.89. The van der Waals surface area contributed by atoms with Crippen molar-refractivity contribution in [3.63, 3.8) is 0 Å². The van der Waals surface area contributed by atoms with E-state index in [-0.39, 0.29) is 11.8 Å². The molecule has 0 aromatic heterocycles. The van der Waals surface area contributed by atoms with Gasteiger partial charge >= 0.3 is 0 Å². The number of carbonyl (C=O) groups is 1. The van der Waals surface area contributed by atoms with Crippen LogP contribution < -0.4 is 5.32 Å². The van der Waals surface area contributed by atoms with E-state index in [2.05, 4.69) is 11.9 Å². The molecule has 6 heteroatoms. The Labute approximate surface area is 132 Å². The number of sulfonamides is 1. The lowest BCUT2D eigenvalue weighted by atomic mass is 9.97. The lowest BCUT2D eigenvalue weighted by Gasteiger charge is -2.30. The summed E-state index contributed by atoms with van der Waals surface area (Å²) in [6.45, 7) is 6.56. The van der Waals surface area contributed by atoms with E-state index in [4.69, 9.17) is 0 Å². The van der Waals surface area contributed by atoms with Crippen molar-refractivity contribution in [2.24, 2.45) is 5.92 Å². The second kappa shape index (κ2) is 7.07. The fraction of sp³-hybridized carbons (Fsp3) is 0.438. The van der Waals surface area contributed by atoms with Crippen LogP contribution in [0.2, 0.25) is 0 Å². The maximum absolute atomic E-state index is 12.7. The number of hydrogen-bond acceptors (Lipinski definition) is 3. The number of hydrogen-bond donors (Lipinski definition) is 1. The van der Waals surface area contributed by atoms with Crippen molar-refractivity contribution in [3.05, 3.63) is 42.5 Å². The minimum Gasteiger partial charge on any atom is -0.352 e. The van der Waals surface area contributed by atoms with Gasteiger partial charge in [0.25, 0.3) is 0 Å². The molecule has 1 heterocycles. The van der Waals surface area contributed by atoms with Crippen LogP contribution in [0.25, 0.3) is 0 Å². The minimum atomic E-state index is -3.47. The van der Waals surface area contributed by atoms with Crippen LogP contribution in [0, 0.1) is 12.8 Å². The fourth-order valence-corrected chi connectivity index (χ4v) is 4.36. The number of nitrogens with one attached hydrogen (secondary N) is 1. The molecule has 2 rings (SSSR count). The first-order valence-corrected chi connectivity index (χ1v) is 8.85. The van der Waals surface area contributed by atoms with Crippen LogP contribution in [0.4, 0.5) is 0 Å². The summed E-state index contributed by atoms with van der Waals surface area (Å²) in [5.41, 5.74) is 0.744. The molecule has 1 saturated heterocycles. The predicted molar refractivity (Wildman–Crippen MR) is 85.9 cm³/mol. The number of nitrogens with zero attached hydrogens (tertiary/aromatic N) is 1. The monoisotopic (exact) mass is 322 g/mol. The van der Waals surface area contributed by atoms with E-state index in [0.29, 0.717) is 37.4 Å². The lowest BCUT2D eigenvalue weighted by molar-refractivity contribution is -0.125. The van der Waals surface area contributed by atoms with Crippen molar-refractivity contribution >= 4 is 15.9 Å². The third-order valence-corrected chi connectivity index (χ3v) is 6.02. The van der Waals surface area contributed by atoms with Gasteiger partial charge in [-0.1, -0.05) is 24.3 Å². The maximum atomic E-state index is 12.7. The highest BCUT2D eigenvalue weighted by Gasteiger charge is 2.32. The summed E-state index contributed by atoms with van der Waals surface area (Å²) in [6, 6.07) is 6.98.